The van der Waals surface area contributed by atoms with Crippen LogP contribution in [0.3, 0.4) is 0 Å². The summed E-state index contributed by atoms with van der Waals surface area (Å²) in [6.07, 6.45) is 0. The van der Waals surface area contributed by atoms with Crippen LogP contribution in [0.1, 0.15) is 0 Å². The third-order valence-electron chi connectivity index (χ3n) is 0.239. The Morgan fingerprint density at radius 2 is 1.20 bits per heavy atom. The Morgan fingerprint density at radius 1 is 1.00 bits per heavy atom. The van der Waals surface area contributed by atoms with Gasteiger partial charge in [0.2, 0.25) is 0 Å². The van der Waals surface area contributed by atoms with Crippen LogP contribution in [0, 0.1) is 20.2 Å². The van der Waals surface area contributed by atoms with E-state index >= 15 is 0 Å². The predicted molar refractivity (Wildman–Crippen MR) is 47.8 cm³/mol. The minimum atomic E-state index is -1.00. The van der Waals surface area contributed by atoms with Gasteiger partial charge in [0.05, 0.1) is 0 Å². The van der Waals surface area contributed by atoms with E-state index in [2.05, 4.69) is 22.4 Å². The number of carbonyl (C=O) groups excluding carboxylic acids is 1. The zero-order chi connectivity index (χ0) is 13.0. The normalized spacial score (nSPS) is 6.67. The number of hydrogen-bond donors (Lipinski definition) is 5. The van der Waals surface area contributed by atoms with Gasteiger partial charge in [-0.25, -0.2) is 25.0 Å². The first-order chi connectivity index (χ1) is 6.59. The number of guanidine groups is 1. The molecule has 0 aromatic carbocycles. The van der Waals surface area contributed by atoms with Gasteiger partial charge in [-0.05, 0) is 0 Å². The summed E-state index contributed by atoms with van der Waals surface area (Å²) in [6, 6.07) is -0.875. The van der Waals surface area contributed by atoms with Gasteiger partial charge < -0.3 is 17.2 Å². The van der Waals surface area contributed by atoms with Crippen molar-refractivity contribution in [3.05, 3.63) is 20.2 Å². The highest BCUT2D eigenvalue weighted by atomic mass is 16.7. The molecule has 0 rings (SSSR count). The Bertz CT molecular complexity index is 223. The molecule has 10 N–H and O–H groups in total. The van der Waals surface area contributed by atoms with E-state index in [-0.39, 0.29) is 5.96 Å². The molecule has 0 fully saturated rings. The van der Waals surface area contributed by atoms with Crippen molar-refractivity contribution in [2.24, 2.45) is 33.9 Å². The summed E-state index contributed by atoms with van der Waals surface area (Å²) in [6.45, 7) is 0. The first-order valence-electron chi connectivity index (χ1n) is 2.76. The molecular formula is C2H10N8O5. The monoisotopic (exact) mass is 226 g/mol. The lowest BCUT2D eigenvalue weighted by Gasteiger charge is -1.82. The smallest absolute Gasteiger partial charge is 0.341 e. The fraction of sp³-hybridized carbons (Fsp3) is 0. The average molecular weight is 226 g/mol. The summed E-state index contributed by atoms with van der Waals surface area (Å²) in [5.41, 5.74) is 13.9. The number of nitro groups is 2. The lowest BCUT2D eigenvalue weighted by molar-refractivity contribution is -0.491. The zero-order valence-corrected chi connectivity index (χ0v) is 7.27. The quantitative estimate of drug-likeness (QED) is 0.0905. The maximum atomic E-state index is 9.68. The summed E-state index contributed by atoms with van der Waals surface area (Å²) in [5, 5.41) is 15.2. The number of primary amides is 1. The molecule has 0 aliphatic rings. The molecule has 0 saturated heterocycles. The van der Waals surface area contributed by atoms with Crippen LogP contribution in [0.5, 0.6) is 0 Å². The van der Waals surface area contributed by atoms with E-state index in [9.17, 15) is 4.79 Å². The van der Waals surface area contributed by atoms with E-state index in [1.54, 1.807) is 0 Å². The van der Waals surface area contributed by atoms with Crippen molar-refractivity contribution >= 4 is 12.0 Å². The van der Waals surface area contributed by atoms with Crippen LogP contribution in [-0.4, -0.2) is 22.1 Å². The van der Waals surface area contributed by atoms with Crippen molar-refractivity contribution in [3.63, 3.8) is 0 Å². The second-order valence-corrected chi connectivity index (χ2v) is 1.45. The first kappa shape index (κ1) is 18.0. The molecule has 0 aromatic rings. The minimum Gasteiger partial charge on any atom is -0.370 e. The van der Waals surface area contributed by atoms with Gasteiger partial charge in [0.1, 0.15) is 0 Å². The highest BCUT2D eigenvalue weighted by molar-refractivity contribution is 5.89. The molecule has 0 saturated carbocycles. The van der Waals surface area contributed by atoms with Gasteiger partial charge in [-0.15, -0.1) is 0 Å². The maximum Gasteiger partial charge on any atom is 0.341 e. The fourth-order valence-corrected chi connectivity index (χ4v) is 0.127. The van der Waals surface area contributed by atoms with Gasteiger partial charge in [0.15, 0.2) is 16.0 Å². The Hall–Kier alpha value is -2.86. The minimum absolute atomic E-state index is 0.312. The van der Waals surface area contributed by atoms with E-state index < -0.39 is 16.1 Å². The lowest BCUT2D eigenvalue weighted by atomic mass is 11.0. The van der Waals surface area contributed by atoms with Crippen molar-refractivity contribution in [1.29, 1.82) is 0 Å². The molecule has 0 spiro atoms. The molecule has 0 unspecified atom stereocenters. The number of amides is 2. The first-order valence-corrected chi connectivity index (χ1v) is 2.76. The summed E-state index contributed by atoms with van der Waals surface area (Å²) in [5.74, 6) is 7.35. The zero-order valence-electron chi connectivity index (χ0n) is 7.27. The Kier molecular flexibility index (Phi) is 13.4. The van der Waals surface area contributed by atoms with Crippen LogP contribution >= 0.6 is 0 Å². The van der Waals surface area contributed by atoms with Crippen molar-refractivity contribution in [2.45, 2.75) is 0 Å². The molecule has 0 heterocycles. The van der Waals surface area contributed by atoms with Gasteiger partial charge in [-0.3, -0.25) is 0 Å². The number of hydrogen-bond acceptors (Lipinski definition) is 5. The van der Waals surface area contributed by atoms with Crippen LogP contribution in [0.4, 0.5) is 4.79 Å². The molecule has 0 bridgehead atoms. The standard InChI is InChI=1S/C2H6N4O.2H2N2O2/c3-1(4)6-2(5)7;2*1-2(3)4/h(H6,3,4,5,6,7);2*1H2. The van der Waals surface area contributed by atoms with Gasteiger partial charge in [-0.1, -0.05) is 0 Å². The van der Waals surface area contributed by atoms with Crippen LogP contribution in [0.15, 0.2) is 4.99 Å². The third kappa shape index (κ3) is 716. The highest BCUT2D eigenvalue weighted by Gasteiger charge is 1.83. The molecule has 0 aliphatic carbocycles. The Morgan fingerprint density at radius 3 is 1.20 bits per heavy atom. The Balaban J connectivity index is -0.000000155. The van der Waals surface area contributed by atoms with Gasteiger partial charge in [0, 0.05) is 0 Å². The van der Waals surface area contributed by atoms with E-state index in [0.717, 1.165) is 0 Å². The molecule has 2 amide bonds. The summed E-state index contributed by atoms with van der Waals surface area (Å²) in [7, 11) is 0. The number of hydrazine groups is 2. The molecule has 88 valence electrons. The van der Waals surface area contributed by atoms with Crippen LogP contribution in [0.25, 0.3) is 0 Å². The molecular weight excluding hydrogens is 216 g/mol. The number of urea groups is 1. The second kappa shape index (κ2) is 11.1. The molecule has 0 aliphatic heterocycles. The second-order valence-electron chi connectivity index (χ2n) is 1.45. The van der Waals surface area contributed by atoms with Gasteiger partial charge >= 0.3 is 6.03 Å². The van der Waals surface area contributed by atoms with Crippen molar-refractivity contribution in [1.82, 2.24) is 0 Å². The summed E-state index contributed by atoms with van der Waals surface area (Å²) < 4.78 is 0. The van der Waals surface area contributed by atoms with Gasteiger partial charge in [0.25, 0.3) is 0 Å². The summed E-state index contributed by atoms with van der Waals surface area (Å²) in [4.78, 5) is 29.7. The molecule has 0 atom stereocenters. The van der Waals surface area contributed by atoms with Crippen LogP contribution in [-0.2, 0) is 0 Å². The molecule has 0 aromatic heterocycles. The number of carbonyl (C=O) groups is 1. The SMILES string of the molecule is NC(=O)N=C(N)N.N[N+](=O)[O-].N[N+](=O)[O-]. The largest absolute Gasteiger partial charge is 0.370 e. The number of nitrogens with zero attached hydrogens (tertiary/aromatic N) is 3. The molecule has 13 heteroatoms. The predicted octanol–water partition coefficient (Wildman–Crippen LogP) is -3.39. The Labute approximate surface area is 82.1 Å². The summed E-state index contributed by atoms with van der Waals surface area (Å²) >= 11 is 0. The van der Waals surface area contributed by atoms with Gasteiger partial charge in [-0.2, -0.15) is 16.7 Å². The fourth-order valence-electron chi connectivity index (χ4n) is 0.127. The van der Waals surface area contributed by atoms with E-state index in [1.165, 1.54) is 0 Å². The van der Waals surface area contributed by atoms with E-state index in [0.29, 0.717) is 0 Å². The average Bonchev–Trinajstić information content (AvgIpc) is 1.78. The molecule has 0 radical (unpaired) electrons. The van der Waals surface area contributed by atoms with Crippen molar-refractivity contribution in [3.8, 4) is 0 Å². The van der Waals surface area contributed by atoms with Crippen molar-refractivity contribution in [2.75, 3.05) is 0 Å². The van der Waals surface area contributed by atoms with E-state index in [1.807, 2.05) is 0 Å². The lowest BCUT2D eigenvalue weighted by Crippen LogP contribution is -2.25. The van der Waals surface area contributed by atoms with Crippen LogP contribution < -0.4 is 28.9 Å². The maximum absolute atomic E-state index is 9.68. The molecule has 15 heavy (non-hydrogen) atoms. The number of aliphatic imine (C=N–C) groups is 1. The van der Waals surface area contributed by atoms with Crippen LogP contribution in [0.2, 0.25) is 0 Å². The van der Waals surface area contributed by atoms with Crippen molar-refractivity contribution < 1.29 is 14.9 Å². The van der Waals surface area contributed by atoms with E-state index in [4.69, 9.17) is 31.7 Å². The molecule has 13 nitrogen and oxygen atoms in total. The third-order valence-corrected chi connectivity index (χ3v) is 0.239. The topological polar surface area (TPSA) is 246 Å². The highest BCUT2D eigenvalue weighted by Crippen LogP contribution is 1.60. The number of rotatable bonds is 0. The number of nitrogens with two attached hydrogens (primary N) is 5.